The van der Waals surface area contributed by atoms with E-state index in [1.165, 1.54) is 6.92 Å². The zero-order valence-electron chi connectivity index (χ0n) is 20.2. The maximum atomic E-state index is 12.7. The monoisotopic (exact) mass is 520 g/mol. The fourth-order valence-corrected chi connectivity index (χ4v) is 4.01. The Kier molecular flexibility index (Phi) is 7.77. The van der Waals surface area contributed by atoms with Gasteiger partial charge in [0.05, 0.1) is 15.7 Å². The second kappa shape index (κ2) is 11.0. The molecule has 3 aromatic carbocycles. The summed E-state index contributed by atoms with van der Waals surface area (Å²) in [6.07, 6.45) is 3.50. The van der Waals surface area contributed by atoms with E-state index < -0.39 is 6.17 Å². The van der Waals surface area contributed by atoms with E-state index in [1.807, 2.05) is 91.6 Å². The lowest BCUT2D eigenvalue weighted by atomic mass is 10.1. The highest BCUT2D eigenvalue weighted by Crippen LogP contribution is 2.34. The summed E-state index contributed by atoms with van der Waals surface area (Å²) in [5, 5.41) is 10.1. The van der Waals surface area contributed by atoms with Crippen LogP contribution in [0.2, 0.25) is 10.0 Å². The molecule has 1 amide bonds. The molecule has 0 spiro atoms. The Hall–Kier alpha value is -3.61. The van der Waals surface area contributed by atoms with Crippen molar-refractivity contribution in [1.29, 1.82) is 0 Å². The predicted molar refractivity (Wildman–Crippen MR) is 149 cm³/mol. The minimum atomic E-state index is -0.461. The molecule has 36 heavy (non-hydrogen) atoms. The smallest absolute Gasteiger partial charge is 0.226 e. The maximum absolute atomic E-state index is 12.7. The zero-order valence-corrected chi connectivity index (χ0v) is 21.7. The van der Waals surface area contributed by atoms with E-state index in [-0.39, 0.29) is 23.4 Å². The van der Waals surface area contributed by atoms with E-state index >= 15 is 0 Å². The van der Waals surface area contributed by atoms with Gasteiger partial charge >= 0.3 is 0 Å². The van der Waals surface area contributed by atoms with Crippen molar-refractivity contribution in [3.8, 4) is 0 Å². The van der Waals surface area contributed by atoms with Crippen LogP contribution in [-0.2, 0) is 9.59 Å². The predicted octanol–water partition coefficient (Wildman–Crippen LogP) is 6.86. The van der Waals surface area contributed by atoms with Crippen molar-refractivity contribution in [2.45, 2.75) is 26.9 Å². The molecule has 1 aliphatic heterocycles. The quantitative estimate of drug-likeness (QED) is 0.369. The zero-order chi connectivity index (χ0) is 25.8. The first-order valence-electron chi connectivity index (χ1n) is 11.5. The van der Waals surface area contributed by atoms with E-state index in [2.05, 4.69) is 10.4 Å². The molecule has 0 aliphatic carbocycles. The Labute approximate surface area is 220 Å². The summed E-state index contributed by atoms with van der Waals surface area (Å²) in [4.78, 5) is 26.7. The summed E-state index contributed by atoms with van der Waals surface area (Å²) in [5.41, 5.74) is 3.12. The maximum Gasteiger partial charge on any atom is 0.226 e. The summed E-state index contributed by atoms with van der Waals surface area (Å²) >= 11 is 12.5. The van der Waals surface area contributed by atoms with Gasteiger partial charge in [-0.15, -0.1) is 5.10 Å². The molecule has 6 nitrogen and oxygen atoms in total. The molecule has 0 aromatic heterocycles. The second-order valence-corrected chi connectivity index (χ2v) is 9.48. The molecule has 0 unspecified atom stereocenters. The standard InChI is InChI=1S/C28H26Cl2N4O2/c1-18(2)28(36)31-21-10-12-22(13-11-21)33-26(16-9-20-7-5-4-6-8-20)34(32-27(33)19(3)35)23-14-15-24(29)25(30)17-23/h4-18,26H,1-3H3,(H,31,36)/b16-9+/t26-/m0/s1. The number of nitrogens with zero attached hydrogens (tertiary/aromatic N) is 3. The molecule has 184 valence electrons. The van der Waals surface area contributed by atoms with Crippen molar-refractivity contribution in [3.05, 3.63) is 94.5 Å². The highest BCUT2D eigenvalue weighted by atomic mass is 35.5. The number of carbonyl (C=O) groups is 2. The van der Waals surface area contributed by atoms with Crippen molar-refractivity contribution < 1.29 is 9.59 Å². The Balaban J connectivity index is 1.75. The highest BCUT2D eigenvalue weighted by molar-refractivity contribution is 6.44. The summed E-state index contributed by atoms with van der Waals surface area (Å²) in [7, 11) is 0. The molecule has 8 heteroatoms. The van der Waals surface area contributed by atoms with Crippen LogP contribution in [-0.4, -0.2) is 23.7 Å². The molecule has 1 N–H and O–H groups in total. The molecule has 0 saturated heterocycles. The van der Waals surface area contributed by atoms with E-state index in [9.17, 15) is 9.59 Å². The number of carbonyl (C=O) groups excluding carboxylic acids is 2. The lowest BCUT2D eigenvalue weighted by molar-refractivity contribution is -0.119. The first kappa shape index (κ1) is 25.5. The lowest BCUT2D eigenvalue weighted by Crippen LogP contribution is -2.43. The van der Waals surface area contributed by atoms with Gasteiger partial charge in [0.1, 0.15) is 6.17 Å². The van der Waals surface area contributed by atoms with Gasteiger partial charge in [0, 0.05) is 24.2 Å². The number of amidine groups is 1. The van der Waals surface area contributed by atoms with E-state index in [0.29, 0.717) is 21.4 Å². The Morgan fingerprint density at radius 2 is 1.61 bits per heavy atom. The van der Waals surface area contributed by atoms with Crippen LogP contribution in [0.25, 0.3) is 6.08 Å². The summed E-state index contributed by atoms with van der Waals surface area (Å²) in [5.74, 6) is -0.105. The minimum absolute atomic E-state index is 0.0654. The van der Waals surface area contributed by atoms with Crippen LogP contribution in [0, 0.1) is 5.92 Å². The van der Waals surface area contributed by atoms with Crippen LogP contribution >= 0.6 is 23.2 Å². The molecule has 0 saturated carbocycles. The number of anilines is 3. The Morgan fingerprint density at radius 1 is 0.944 bits per heavy atom. The van der Waals surface area contributed by atoms with Crippen molar-refractivity contribution in [1.82, 2.24) is 0 Å². The van der Waals surface area contributed by atoms with Gasteiger partial charge in [-0.3, -0.25) is 14.5 Å². The number of hydrogen-bond acceptors (Lipinski definition) is 5. The molecule has 1 aliphatic rings. The first-order valence-corrected chi connectivity index (χ1v) is 12.3. The van der Waals surface area contributed by atoms with Gasteiger partial charge in [0.15, 0.2) is 11.6 Å². The molecule has 1 atom stereocenters. The summed E-state index contributed by atoms with van der Waals surface area (Å²) in [6, 6.07) is 22.5. The van der Waals surface area contributed by atoms with Gasteiger partial charge in [-0.1, -0.05) is 73.5 Å². The number of amides is 1. The van der Waals surface area contributed by atoms with Crippen LogP contribution in [0.15, 0.2) is 84.0 Å². The number of ketones is 1. The normalized spacial score (nSPS) is 15.5. The minimum Gasteiger partial charge on any atom is -0.326 e. The molecular weight excluding hydrogens is 495 g/mol. The van der Waals surface area contributed by atoms with Gasteiger partial charge in [-0.05, 0) is 54.1 Å². The van der Waals surface area contributed by atoms with E-state index in [4.69, 9.17) is 23.2 Å². The number of rotatable bonds is 7. The third-order valence-corrected chi connectivity index (χ3v) is 6.37. The molecule has 0 fully saturated rings. The lowest BCUT2D eigenvalue weighted by Gasteiger charge is -2.29. The van der Waals surface area contributed by atoms with Gasteiger partial charge < -0.3 is 5.32 Å². The third kappa shape index (κ3) is 5.61. The first-order chi connectivity index (χ1) is 17.2. The fraction of sp³-hybridized carbons (Fsp3) is 0.179. The SMILES string of the molecule is CC(=O)C1=NN(c2ccc(Cl)c(Cl)c2)[C@@H](/C=C/c2ccccc2)N1c1ccc(NC(=O)C(C)C)cc1. The average molecular weight is 521 g/mol. The average Bonchev–Trinajstić information content (AvgIpc) is 3.25. The molecule has 1 heterocycles. The molecular formula is C28H26Cl2N4O2. The number of hydrogen-bond donors (Lipinski definition) is 1. The molecule has 3 aromatic rings. The third-order valence-electron chi connectivity index (χ3n) is 5.63. The Morgan fingerprint density at radius 3 is 2.22 bits per heavy atom. The number of nitrogens with one attached hydrogen (secondary N) is 1. The van der Waals surface area contributed by atoms with Crippen LogP contribution in [0.4, 0.5) is 17.1 Å². The topological polar surface area (TPSA) is 65.0 Å². The number of Topliss-reactive ketones (excluding diaryl/α,β-unsaturated/α-hetero) is 1. The van der Waals surface area contributed by atoms with Crippen molar-refractivity contribution >= 4 is 63.9 Å². The van der Waals surface area contributed by atoms with Crippen LogP contribution in [0.1, 0.15) is 26.3 Å². The molecule has 0 radical (unpaired) electrons. The summed E-state index contributed by atoms with van der Waals surface area (Å²) < 4.78 is 0. The van der Waals surface area contributed by atoms with Crippen molar-refractivity contribution in [2.24, 2.45) is 11.0 Å². The number of hydrazone groups is 1. The number of halogens is 2. The second-order valence-electron chi connectivity index (χ2n) is 8.67. The van der Waals surface area contributed by atoms with Gasteiger partial charge in [0.25, 0.3) is 0 Å². The largest absolute Gasteiger partial charge is 0.326 e. The van der Waals surface area contributed by atoms with Crippen molar-refractivity contribution in [2.75, 3.05) is 15.2 Å². The van der Waals surface area contributed by atoms with E-state index in [0.717, 1.165) is 11.3 Å². The molecule has 0 bridgehead atoms. The van der Waals surface area contributed by atoms with Crippen LogP contribution in [0.5, 0.6) is 0 Å². The Bertz CT molecular complexity index is 1320. The summed E-state index contributed by atoms with van der Waals surface area (Å²) in [6.45, 7) is 5.16. The number of benzene rings is 3. The fourth-order valence-electron chi connectivity index (χ4n) is 3.72. The van der Waals surface area contributed by atoms with Gasteiger partial charge in [-0.2, -0.15) is 0 Å². The van der Waals surface area contributed by atoms with Crippen LogP contribution in [0.3, 0.4) is 0 Å². The van der Waals surface area contributed by atoms with Crippen LogP contribution < -0.4 is 15.2 Å². The molecule has 4 rings (SSSR count). The van der Waals surface area contributed by atoms with Gasteiger partial charge in [-0.25, -0.2) is 5.01 Å². The van der Waals surface area contributed by atoms with E-state index in [1.54, 1.807) is 17.1 Å². The van der Waals surface area contributed by atoms with Crippen molar-refractivity contribution in [3.63, 3.8) is 0 Å². The highest BCUT2D eigenvalue weighted by Gasteiger charge is 2.36. The van der Waals surface area contributed by atoms with Gasteiger partial charge in [0.2, 0.25) is 5.91 Å².